The van der Waals surface area contributed by atoms with E-state index in [1.165, 1.54) is 6.08 Å². The molecule has 0 aromatic heterocycles. The first-order valence-electron chi connectivity index (χ1n) is 5.60. The first-order chi connectivity index (χ1) is 7.42. The van der Waals surface area contributed by atoms with E-state index in [0.717, 1.165) is 0 Å². The van der Waals surface area contributed by atoms with E-state index in [1.54, 1.807) is 6.08 Å². The third-order valence-electron chi connectivity index (χ3n) is 3.66. The second kappa shape index (κ2) is 3.65. The molecular formula is C12H18O4. The molecule has 0 aromatic rings. The van der Waals surface area contributed by atoms with Crippen molar-refractivity contribution >= 4 is 5.78 Å². The maximum Gasteiger partial charge on any atom is 0.169 e. The molecule has 1 fully saturated rings. The van der Waals surface area contributed by atoms with E-state index in [4.69, 9.17) is 4.74 Å². The molecule has 1 heterocycles. The van der Waals surface area contributed by atoms with Crippen LogP contribution in [0.2, 0.25) is 0 Å². The molecule has 2 aliphatic rings. The van der Waals surface area contributed by atoms with Crippen molar-refractivity contribution in [2.45, 2.75) is 44.5 Å². The van der Waals surface area contributed by atoms with Crippen molar-refractivity contribution in [3.63, 3.8) is 0 Å². The van der Waals surface area contributed by atoms with Gasteiger partial charge in [0.2, 0.25) is 0 Å². The van der Waals surface area contributed by atoms with Gasteiger partial charge >= 0.3 is 0 Å². The topological polar surface area (TPSA) is 66.8 Å². The number of hydrogen-bond acceptors (Lipinski definition) is 4. The highest BCUT2D eigenvalue weighted by atomic mass is 16.5. The molecule has 90 valence electrons. The van der Waals surface area contributed by atoms with E-state index in [-0.39, 0.29) is 12.4 Å². The molecule has 3 atom stereocenters. The Morgan fingerprint density at radius 2 is 2.25 bits per heavy atom. The van der Waals surface area contributed by atoms with Crippen LogP contribution in [0.5, 0.6) is 0 Å². The van der Waals surface area contributed by atoms with Crippen molar-refractivity contribution in [1.82, 2.24) is 0 Å². The molecule has 1 aliphatic heterocycles. The fourth-order valence-electron chi connectivity index (χ4n) is 2.72. The summed E-state index contributed by atoms with van der Waals surface area (Å²) in [6, 6.07) is 0. The lowest BCUT2D eigenvalue weighted by atomic mass is 9.65. The average molecular weight is 226 g/mol. The van der Waals surface area contributed by atoms with Crippen molar-refractivity contribution in [2.24, 2.45) is 5.41 Å². The summed E-state index contributed by atoms with van der Waals surface area (Å²) in [4.78, 5) is 11.9. The fraction of sp³-hybridized carbons (Fsp3) is 0.750. The van der Waals surface area contributed by atoms with Gasteiger partial charge in [-0.1, -0.05) is 6.08 Å². The van der Waals surface area contributed by atoms with Crippen LogP contribution in [0.25, 0.3) is 0 Å². The van der Waals surface area contributed by atoms with Crippen molar-refractivity contribution in [3.8, 4) is 0 Å². The van der Waals surface area contributed by atoms with Crippen LogP contribution in [0.1, 0.15) is 26.7 Å². The summed E-state index contributed by atoms with van der Waals surface area (Å²) < 4.78 is 5.82. The fourth-order valence-corrected chi connectivity index (χ4v) is 2.72. The second-order valence-electron chi connectivity index (χ2n) is 5.29. The summed E-state index contributed by atoms with van der Waals surface area (Å²) in [5, 5.41) is 19.7. The molecule has 2 rings (SSSR count). The van der Waals surface area contributed by atoms with Gasteiger partial charge in [-0.15, -0.1) is 0 Å². The summed E-state index contributed by atoms with van der Waals surface area (Å²) >= 11 is 0. The highest BCUT2D eigenvalue weighted by Gasteiger charge is 2.57. The number of aliphatic hydroxyl groups is 2. The Bertz CT molecular complexity index is 334. The monoisotopic (exact) mass is 226 g/mol. The molecule has 0 bridgehead atoms. The van der Waals surface area contributed by atoms with E-state index in [0.29, 0.717) is 12.8 Å². The van der Waals surface area contributed by atoms with E-state index >= 15 is 0 Å². The Morgan fingerprint density at radius 1 is 1.56 bits per heavy atom. The minimum Gasteiger partial charge on any atom is -0.395 e. The average Bonchev–Trinajstić information content (AvgIpc) is 2.16. The zero-order valence-electron chi connectivity index (χ0n) is 9.64. The van der Waals surface area contributed by atoms with Crippen molar-refractivity contribution in [2.75, 3.05) is 6.61 Å². The largest absolute Gasteiger partial charge is 0.395 e. The van der Waals surface area contributed by atoms with Crippen LogP contribution < -0.4 is 0 Å². The summed E-state index contributed by atoms with van der Waals surface area (Å²) in [6.07, 6.45) is 2.85. The van der Waals surface area contributed by atoms with Gasteiger partial charge in [0.1, 0.15) is 5.41 Å². The van der Waals surface area contributed by atoms with Gasteiger partial charge in [0.05, 0.1) is 24.4 Å². The molecule has 1 saturated heterocycles. The highest BCUT2D eigenvalue weighted by molar-refractivity contribution is 5.97. The predicted molar refractivity (Wildman–Crippen MR) is 57.9 cm³/mol. The second-order valence-corrected chi connectivity index (χ2v) is 5.29. The first kappa shape index (κ1) is 11.8. The smallest absolute Gasteiger partial charge is 0.169 e. The number of ketones is 1. The molecule has 0 radical (unpaired) electrons. The lowest BCUT2D eigenvalue weighted by molar-refractivity contribution is -0.224. The van der Waals surface area contributed by atoms with Gasteiger partial charge in [-0.05, 0) is 26.3 Å². The Balaban J connectivity index is 2.40. The maximum atomic E-state index is 11.9. The summed E-state index contributed by atoms with van der Waals surface area (Å²) in [7, 11) is 0. The molecule has 0 aromatic carbocycles. The van der Waals surface area contributed by atoms with E-state index in [2.05, 4.69) is 0 Å². The molecule has 0 unspecified atom stereocenters. The zero-order chi connectivity index (χ0) is 12.0. The Hall–Kier alpha value is -0.710. The molecule has 1 aliphatic carbocycles. The number of carbonyl (C=O) groups is 1. The van der Waals surface area contributed by atoms with Crippen molar-refractivity contribution in [1.29, 1.82) is 0 Å². The molecular weight excluding hydrogens is 208 g/mol. The number of fused-ring (bicyclic) bond motifs is 1. The van der Waals surface area contributed by atoms with Gasteiger partial charge in [-0.2, -0.15) is 0 Å². The summed E-state index contributed by atoms with van der Waals surface area (Å²) in [5.41, 5.74) is -1.60. The van der Waals surface area contributed by atoms with Crippen LogP contribution in [-0.2, 0) is 9.53 Å². The third kappa shape index (κ3) is 1.52. The Morgan fingerprint density at radius 3 is 2.88 bits per heavy atom. The van der Waals surface area contributed by atoms with Crippen molar-refractivity contribution in [3.05, 3.63) is 12.2 Å². The molecule has 0 saturated carbocycles. The summed E-state index contributed by atoms with van der Waals surface area (Å²) in [6.45, 7) is 3.42. The van der Waals surface area contributed by atoms with E-state index < -0.39 is 23.2 Å². The Kier molecular flexibility index (Phi) is 2.69. The highest BCUT2D eigenvalue weighted by Crippen LogP contribution is 2.45. The molecule has 4 nitrogen and oxygen atoms in total. The molecule has 0 amide bonds. The molecule has 0 spiro atoms. The number of hydrogen-bond donors (Lipinski definition) is 2. The predicted octanol–water partition coefficient (Wildman–Crippen LogP) is 0.422. The minimum absolute atomic E-state index is 0.228. The van der Waals surface area contributed by atoms with Crippen LogP contribution in [0.15, 0.2) is 12.2 Å². The Labute approximate surface area is 94.9 Å². The normalized spacial score (nSPS) is 41.9. The van der Waals surface area contributed by atoms with Crippen LogP contribution in [0, 0.1) is 5.41 Å². The third-order valence-corrected chi connectivity index (χ3v) is 3.66. The summed E-state index contributed by atoms with van der Waals surface area (Å²) in [5.74, 6) is -0.228. The number of ether oxygens (including phenoxy) is 1. The SMILES string of the molecule is CC1(C)C[C@@H](O)[C@@]2(CO)C(=O)C=CC[C@H]2O1. The lowest BCUT2D eigenvalue weighted by Crippen LogP contribution is -2.62. The van der Waals surface area contributed by atoms with Gasteiger partial charge in [0.15, 0.2) is 5.78 Å². The quantitative estimate of drug-likeness (QED) is 0.680. The lowest BCUT2D eigenvalue weighted by Gasteiger charge is -2.51. The van der Waals surface area contributed by atoms with Gasteiger partial charge in [0.25, 0.3) is 0 Å². The number of carbonyl (C=O) groups excluding carboxylic acids is 1. The van der Waals surface area contributed by atoms with Gasteiger partial charge in [0, 0.05) is 6.42 Å². The van der Waals surface area contributed by atoms with Gasteiger partial charge < -0.3 is 14.9 Å². The van der Waals surface area contributed by atoms with Crippen LogP contribution in [-0.4, -0.2) is 40.4 Å². The van der Waals surface area contributed by atoms with Crippen molar-refractivity contribution < 1.29 is 19.7 Å². The maximum absolute atomic E-state index is 11.9. The number of rotatable bonds is 1. The van der Waals surface area contributed by atoms with E-state index in [1.807, 2.05) is 13.8 Å². The number of allylic oxidation sites excluding steroid dienone is 1. The van der Waals surface area contributed by atoms with Crippen LogP contribution in [0.4, 0.5) is 0 Å². The molecule has 2 N–H and O–H groups in total. The standard InChI is InChI=1S/C12H18O4/c1-11(2)6-9(15)12(7-13)8(14)4-3-5-10(12)16-11/h3-4,9-10,13,15H,5-7H2,1-2H3/t9-,10-,12-/m1/s1. The zero-order valence-corrected chi connectivity index (χ0v) is 9.64. The van der Waals surface area contributed by atoms with Gasteiger partial charge in [-0.25, -0.2) is 0 Å². The van der Waals surface area contributed by atoms with Gasteiger partial charge in [-0.3, -0.25) is 4.79 Å². The first-order valence-corrected chi connectivity index (χ1v) is 5.60. The number of aliphatic hydroxyl groups excluding tert-OH is 2. The molecule has 4 heteroatoms. The molecule has 16 heavy (non-hydrogen) atoms. The van der Waals surface area contributed by atoms with Crippen LogP contribution >= 0.6 is 0 Å². The minimum atomic E-state index is -1.15. The van der Waals surface area contributed by atoms with E-state index in [9.17, 15) is 15.0 Å². The van der Waals surface area contributed by atoms with Crippen LogP contribution in [0.3, 0.4) is 0 Å².